The van der Waals surface area contributed by atoms with Crippen LogP contribution in [0.1, 0.15) is 12.0 Å². The molecule has 0 aliphatic heterocycles. The van der Waals surface area contributed by atoms with Crippen molar-refractivity contribution in [1.29, 1.82) is 0 Å². The number of carbonyl (C=O) groups excluding carboxylic acids is 1. The molecule has 106 valence electrons. The van der Waals surface area contributed by atoms with E-state index in [-0.39, 0.29) is 24.6 Å². The van der Waals surface area contributed by atoms with Crippen molar-refractivity contribution in [2.24, 2.45) is 0 Å². The molecular formula is C12H15F3N2O2. The summed E-state index contributed by atoms with van der Waals surface area (Å²) in [6.07, 6.45) is -4.45. The molecule has 0 radical (unpaired) electrons. The second kappa shape index (κ2) is 6.98. The lowest BCUT2D eigenvalue weighted by atomic mass is 10.2. The lowest BCUT2D eigenvalue weighted by Gasteiger charge is -2.13. The van der Waals surface area contributed by atoms with Crippen LogP contribution in [0.4, 0.5) is 13.2 Å². The molecule has 7 heteroatoms. The number of amides is 1. The van der Waals surface area contributed by atoms with Crippen LogP contribution in [0.2, 0.25) is 0 Å². The number of hydrogen-bond acceptors (Lipinski definition) is 3. The summed E-state index contributed by atoms with van der Waals surface area (Å²) in [5.41, 5.74) is 0.386. The van der Waals surface area contributed by atoms with Gasteiger partial charge in [-0.15, -0.1) is 13.2 Å². The Hall–Kier alpha value is -1.76. The fourth-order valence-electron chi connectivity index (χ4n) is 1.42. The number of ether oxygens (including phenoxy) is 1. The molecule has 0 saturated carbocycles. The highest BCUT2D eigenvalue weighted by Gasteiger charge is 2.31. The minimum Gasteiger partial charge on any atom is -0.405 e. The van der Waals surface area contributed by atoms with E-state index in [1.165, 1.54) is 25.2 Å². The summed E-state index contributed by atoms with van der Waals surface area (Å²) in [5, 5.41) is 5.34. The molecule has 1 aromatic rings. The van der Waals surface area contributed by atoms with Gasteiger partial charge in [-0.3, -0.25) is 4.79 Å². The SMILES string of the molecule is CNC(=O)CCNCc1ccccc1OC(F)(F)F. The van der Waals surface area contributed by atoms with E-state index in [1.807, 2.05) is 0 Å². The van der Waals surface area contributed by atoms with Crippen molar-refractivity contribution in [1.82, 2.24) is 10.6 Å². The molecule has 0 aliphatic rings. The average Bonchev–Trinajstić information content (AvgIpc) is 2.34. The highest BCUT2D eigenvalue weighted by atomic mass is 19.4. The van der Waals surface area contributed by atoms with Gasteiger partial charge in [-0.05, 0) is 6.07 Å². The zero-order valence-electron chi connectivity index (χ0n) is 10.4. The maximum Gasteiger partial charge on any atom is 0.573 e. The second-order valence-electron chi connectivity index (χ2n) is 3.76. The molecule has 1 amide bonds. The fourth-order valence-corrected chi connectivity index (χ4v) is 1.42. The molecule has 0 fully saturated rings. The van der Waals surface area contributed by atoms with Gasteiger partial charge in [0.05, 0.1) is 0 Å². The van der Waals surface area contributed by atoms with Gasteiger partial charge in [-0.2, -0.15) is 0 Å². The maximum absolute atomic E-state index is 12.2. The number of carbonyl (C=O) groups is 1. The molecule has 1 aromatic carbocycles. The molecule has 0 heterocycles. The van der Waals surface area contributed by atoms with Crippen LogP contribution in [0.15, 0.2) is 24.3 Å². The van der Waals surface area contributed by atoms with E-state index >= 15 is 0 Å². The van der Waals surface area contributed by atoms with Crippen molar-refractivity contribution in [2.45, 2.75) is 19.3 Å². The highest BCUT2D eigenvalue weighted by Crippen LogP contribution is 2.25. The first-order valence-electron chi connectivity index (χ1n) is 5.67. The number of benzene rings is 1. The molecule has 4 nitrogen and oxygen atoms in total. The van der Waals surface area contributed by atoms with Crippen molar-refractivity contribution in [2.75, 3.05) is 13.6 Å². The minimum atomic E-state index is -4.71. The first kappa shape index (κ1) is 15.3. The maximum atomic E-state index is 12.2. The third-order valence-electron chi connectivity index (χ3n) is 2.32. The van der Waals surface area contributed by atoms with Crippen LogP contribution in [0.3, 0.4) is 0 Å². The van der Waals surface area contributed by atoms with Crippen molar-refractivity contribution in [3.63, 3.8) is 0 Å². The van der Waals surface area contributed by atoms with E-state index < -0.39 is 6.36 Å². The van der Waals surface area contributed by atoms with Crippen LogP contribution < -0.4 is 15.4 Å². The summed E-state index contributed by atoms with van der Waals surface area (Å²) >= 11 is 0. The van der Waals surface area contributed by atoms with Crippen molar-refractivity contribution >= 4 is 5.91 Å². The van der Waals surface area contributed by atoms with Gasteiger partial charge in [-0.25, -0.2) is 0 Å². The quantitative estimate of drug-likeness (QED) is 0.779. The normalized spacial score (nSPS) is 11.2. The zero-order chi connectivity index (χ0) is 14.3. The molecule has 1 rings (SSSR count). The Labute approximate surface area is 108 Å². The summed E-state index contributed by atoms with van der Waals surface area (Å²) < 4.78 is 40.4. The molecule has 0 bridgehead atoms. The van der Waals surface area contributed by atoms with E-state index in [1.54, 1.807) is 6.07 Å². The van der Waals surface area contributed by atoms with Crippen molar-refractivity contribution < 1.29 is 22.7 Å². The summed E-state index contributed by atoms with van der Waals surface area (Å²) in [4.78, 5) is 11.0. The Morgan fingerprint density at radius 3 is 2.63 bits per heavy atom. The van der Waals surface area contributed by atoms with E-state index in [0.717, 1.165) is 0 Å². The largest absolute Gasteiger partial charge is 0.573 e. The Morgan fingerprint density at radius 1 is 1.32 bits per heavy atom. The van der Waals surface area contributed by atoms with Gasteiger partial charge in [0.1, 0.15) is 5.75 Å². The Bertz CT molecular complexity index is 422. The van der Waals surface area contributed by atoms with Gasteiger partial charge in [-0.1, -0.05) is 18.2 Å². The van der Waals surface area contributed by atoms with Gasteiger partial charge in [0.15, 0.2) is 0 Å². The molecule has 0 saturated heterocycles. The van der Waals surface area contributed by atoms with E-state index in [9.17, 15) is 18.0 Å². The van der Waals surface area contributed by atoms with Crippen LogP contribution in [0.5, 0.6) is 5.75 Å². The zero-order valence-corrected chi connectivity index (χ0v) is 10.4. The van der Waals surface area contributed by atoms with E-state index in [4.69, 9.17) is 0 Å². The van der Waals surface area contributed by atoms with Gasteiger partial charge >= 0.3 is 6.36 Å². The first-order valence-corrected chi connectivity index (χ1v) is 5.67. The summed E-state index contributed by atoms with van der Waals surface area (Å²) in [5.74, 6) is -0.366. The molecule has 0 atom stereocenters. The van der Waals surface area contributed by atoms with Crippen LogP contribution in [0, 0.1) is 0 Å². The minimum absolute atomic E-state index is 0.132. The van der Waals surface area contributed by atoms with Crippen LogP contribution in [-0.4, -0.2) is 25.9 Å². The van der Waals surface area contributed by atoms with E-state index in [2.05, 4.69) is 15.4 Å². The van der Waals surface area contributed by atoms with Gasteiger partial charge in [0.25, 0.3) is 0 Å². The number of halogens is 3. The molecule has 0 unspecified atom stereocenters. The molecule has 0 spiro atoms. The smallest absolute Gasteiger partial charge is 0.405 e. The molecular weight excluding hydrogens is 261 g/mol. The predicted molar refractivity (Wildman–Crippen MR) is 63.5 cm³/mol. The second-order valence-corrected chi connectivity index (χ2v) is 3.76. The summed E-state index contributed by atoms with van der Waals surface area (Å²) in [6, 6.07) is 5.88. The standard InChI is InChI=1S/C12H15F3N2O2/c1-16-11(18)6-7-17-8-9-4-2-3-5-10(9)19-12(13,14)15/h2-5,17H,6-8H2,1H3,(H,16,18). The topological polar surface area (TPSA) is 50.4 Å². The third-order valence-corrected chi connectivity index (χ3v) is 2.32. The van der Waals surface area contributed by atoms with Crippen molar-refractivity contribution in [3.8, 4) is 5.75 Å². The third kappa shape index (κ3) is 6.10. The molecule has 2 N–H and O–H groups in total. The number of hydrogen-bond donors (Lipinski definition) is 2. The van der Waals surface area contributed by atoms with Gasteiger partial charge in [0.2, 0.25) is 5.91 Å². The van der Waals surface area contributed by atoms with Crippen LogP contribution in [0.25, 0.3) is 0 Å². The lowest BCUT2D eigenvalue weighted by Crippen LogP contribution is -2.25. The number of para-hydroxylation sites is 1. The lowest BCUT2D eigenvalue weighted by molar-refractivity contribution is -0.274. The Morgan fingerprint density at radius 2 is 2.00 bits per heavy atom. The monoisotopic (exact) mass is 276 g/mol. The van der Waals surface area contributed by atoms with Gasteiger partial charge in [0, 0.05) is 32.1 Å². The number of nitrogens with one attached hydrogen (secondary N) is 2. The first-order chi connectivity index (χ1) is 8.92. The Kier molecular flexibility index (Phi) is 5.62. The molecule has 0 aromatic heterocycles. The molecule has 0 aliphatic carbocycles. The average molecular weight is 276 g/mol. The Balaban J connectivity index is 2.51. The summed E-state index contributed by atoms with van der Waals surface area (Å²) in [7, 11) is 1.52. The molecule has 19 heavy (non-hydrogen) atoms. The fraction of sp³-hybridized carbons (Fsp3) is 0.417. The van der Waals surface area contributed by atoms with E-state index in [0.29, 0.717) is 12.1 Å². The van der Waals surface area contributed by atoms with Gasteiger partial charge < -0.3 is 15.4 Å². The predicted octanol–water partition coefficient (Wildman–Crippen LogP) is 1.81. The van der Waals surface area contributed by atoms with Crippen molar-refractivity contribution in [3.05, 3.63) is 29.8 Å². The summed E-state index contributed by atoms with van der Waals surface area (Å²) in [6.45, 7) is 0.573. The van der Waals surface area contributed by atoms with Crippen LogP contribution >= 0.6 is 0 Å². The highest BCUT2D eigenvalue weighted by molar-refractivity contribution is 5.75. The van der Waals surface area contributed by atoms with Crippen LogP contribution in [-0.2, 0) is 11.3 Å². The number of rotatable bonds is 6. The number of alkyl halides is 3.